The third kappa shape index (κ3) is 4.60. The Balaban J connectivity index is 2.16. The summed E-state index contributed by atoms with van der Waals surface area (Å²) >= 11 is 0. The van der Waals surface area contributed by atoms with E-state index in [2.05, 4.69) is 10.5 Å². The largest absolute Gasteiger partial charge is 0.361 e. The maximum atomic E-state index is 11.3. The molecule has 1 amide bonds. The highest BCUT2D eigenvalue weighted by Crippen LogP contribution is 2.01. The number of rotatable bonds is 6. The molecular weight excluding hydrogens is 194 g/mol. The first-order chi connectivity index (χ1) is 7.22. The summed E-state index contributed by atoms with van der Waals surface area (Å²) < 4.78 is 4.88. The summed E-state index contributed by atoms with van der Waals surface area (Å²) in [6.07, 6.45) is 2.24. The number of nitrogens with zero attached hydrogens (tertiary/aromatic N) is 1. The molecule has 1 aromatic rings. The molecule has 1 rings (SSSR count). The number of unbranched alkanes of at least 4 members (excludes halogenated alkanes) is 1. The zero-order valence-corrected chi connectivity index (χ0v) is 8.95. The van der Waals surface area contributed by atoms with Crippen molar-refractivity contribution in [1.82, 2.24) is 10.5 Å². The van der Waals surface area contributed by atoms with Crippen molar-refractivity contribution in [3.63, 3.8) is 0 Å². The van der Waals surface area contributed by atoms with E-state index < -0.39 is 0 Å². The molecule has 3 N–H and O–H groups in total. The van der Waals surface area contributed by atoms with Crippen molar-refractivity contribution in [2.24, 2.45) is 5.73 Å². The summed E-state index contributed by atoms with van der Waals surface area (Å²) in [6.45, 7) is 2.88. The van der Waals surface area contributed by atoms with Gasteiger partial charge in [0.2, 0.25) is 5.91 Å². The number of hydrogen-bond acceptors (Lipinski definition) is 4. The summed E-state index contributed by atoms with van der Waals surface area (Å²) in [5, 5.41) is 6.54. The number of carbonyl (C=O) groups excluding carboxylic acids is 1. The predicted molar refractivity (Wildman–Crippen MR) is 56.0 cm³/mol. The molecule has 0 atom stereocenters. The molecule has 5 heteroatoms. The fraction of sp³-hybridized carbons (Fsp3) is 0.600. The predicted octanol–water partition coefficient (Wildman–Crippen LogP) is 0.728. The van der Waals surface area contributed by atoms with Crippen molar-refractivity contribution in [1.29, 1.82) is 0 Å². The second kappa shape index (κ2) is 6.19. The zero-order chi connectivity index (χ0) is 11.1. The van der Waals surface area contributed by atoms with Gasteiger partial charge < -0.3 is 15.6 Å². The number of amides is 1. The summed E-state index contributed by atoms with van der Waals surface area (Å²) in [6, 6.07) is 1.81. The molecule has 0 aromatic carbocycles. The molecule has 0 unspecified atom stereocenters. The van der Waals surface area contributed by atoms with Gasteiger partial charge in [0.15, 0.2) is 0 Å². The van der Waals surface area contributed by atoms with Gasteiger partial charge in [0.05, 0.1) is 6.54 Å². The van der Waals surface area contributed by atoms with E-state index in [1.54, 1.807) is 6.07 Å². The molecule has 0 aliphatic rings. The van der Waals surface area contributed by atoms with Crippen LogP contribution in [0.4, 0.5) is 0 Å². The van der Waals surface area contributed by atoms with Crippen LogP contribution in [-0.2, 0) is 11.3 Å². The van der Waals surface area contributed by atoms with E-state index in [4.69, 9.17) is 10.3 Å². The van der Waals surface area contributed by atoms with Gasteiger partial charge in [-0.05, 0) is 26.3 Å². The molecule has 0 saturated heterocycles. The molecule has 84 valence electrons. The van der Waals surface area contributed by atoms with E-state index in [9.17, 15) is 4.79 Å². The van der Waals surface area contributed by atoms with Gasteiger partial charge in [-0.15, -0.1) is 0 Å². The first kappa shape index (κ1) is 11.7. The molecule has 0 bridgehead atoms. The van der Waals surface area contributed by atoms with Gasteiger partial charge in [-0.2, -0.15) is 0 Å². The molecule has 0 aliphatic heterocycles. The van der Waals surface area contributed by atoms with Crippen LogP contribution in [0.2, 0.25) is 0 Å². The van der Waals surface area contributed by atoms with Gasteiger partial charge in [0.1, 0.15) is 11.5 Å². The molecular formula is C10H17N3O2. The van der Waals surface area contributed by atoms with Crippen LogP contribution in [0.3, 0.4) is 0 Å². The highest BCUT2D eigenvalue weighted by Gasteiger charge is 2.03. The van der Waals surface area contributed by atoms with Crippen molar-refractivity contribution in [3.05, 3.63) is 17.5 Å². The monoisotopic (exact) mass is 211 g/mol. The molecule has 1 heterocycles. The lowest BCUT2D eigenvalue weighted by Crippen LogP contribution is -2.22. The van der Waals surface area contributed by atoms with E-state index in [1.807, 2.05) is 6.92 Å². The molecule has 0 saturated carbocycles. The van der Waals surface area contributed by atoms with Crippen LogP contribution in [0.15, 0.2) is 10.6 Å². The quantitative estimate of drug-likeness (QED) is 0.680. The van der Waals surface area contributed by atoms with Crippen molar-refractivity contribution in [2.45, 2.75) is 32.7 Å². The number of aryl methyl sites for hydroxylation is 1. The highest BCUT2D eigenvalue weighted by atomic mass is 16.5. The van der Waals surface area contributed by atoms with Crippen LogP contribution >= 0.6 is 0 Å². The van der Waals surface area contributed by atoms with Crippen LogP contribution in [0.5, 0.6) is 0 Å². The van der Waals surface area contributed by atoms with Crippen LogP contribution in [0.25, 0.3) is 0 Å². The molecule has 1 aromatic heterocycles. The van der Waals surface area contributed by atoms with Gasteiger partial charge in [-0.3, -0.25) is 4.79 Å². The summed E-state index contributed by atoms with van der Waals surface area (Å²) in [5.74, 6) is 0.784. The van der Waals surface area contributed by atoms with Crippen molar-refractivity contribution in [2.75, 3.05) is 6.54 Å². The Kier molecular flexibility index (Phi) is 4.83. The molecule has 0 radical (unpaired) electrons. The third-order valence-electron chi connectivity index (χ3n) is 2.00. The van der Waals surface area contributed by atoms with E-state index in [-0.39, 0.29) is 5.91 Å². The number of nitrogens with two attached hydrogens (primary N) is 1. The van der Waals surface area contributed by atoms with E-state index in [1.165, 1.54) is 0 Å². The Hall–Kier alpha value is -1.36. The normalized spacial score (nSPS) is 10.3. The Bertz CT molecular complexity index is 309. The van der Waals surface area contributed by atoms with Crippen LogP contribution < -0.4 is 11.1 Å². The van der Waals surface area contributed by atoms with Crippen molar-refractivity contribution in [3.8, 4) is 0 Å². The van der Waals surface area contributed by atoms with E-state index >= 15 is 0 Å². The topological polar surface area (TPSA) is 81.2 Å². The minimum Gasteiger partial charge on any atom is -0.361 e. The van der Waals surface area contributed by atoms with Crippen molar-refractivity contribution < 1.29 is 9.32 Å². The minimum absolute atomic E-state index is 0.0316. The van der Waals surface area contributed by atoms with Gasteiger partial charge in [0.25, 0.3) is 0 Å². The maximum absolute atomic E-state index is 11.3. The Morgan fingerprint density at radius 3 is 3.00 bits per heavy atom. The summed E-state index contributed by atoms with van der Waals surface area (Å²) in [5.41, 5.74) is 6.08. The highest BCUT2D eigenvalue weighted by molar-refractivity contribution is 5.75. The van der Waals surface area contributed by atoms with Gasteiger partial charge in [0, 0.05) is 12.5 Å². The summed E-state index contributed by atoms with van der Waals surface area (Å²) in [7, 11) is 0. The fourth-order valence-corrected chi connectivity index (χ4v) is 1.21. The standard InChI is InChI=1S/C10H17N3O2/c1-8-6-9(13-15-8)7-12-10(14)4-2-3-5-11/h6H,2-5,7,11H2,1H3,(H,12,14). The average molecular weight is 211 g/mol. The van der Waals surface area contributed by atoms with Crippen LogP contribution in [-0.4, -0.2) is 17.6 Å². The first-order valence-electron chi connectivity index (χ1n) is 5.11. The van der Waals surface area contributed by atoms with Gasteiger partial charge in [-0.1, -0.05) is 5.16 Å². The number of carbonyl (C=O) groups is 1. The van der Waals surface area contributed by atoms with E-state index in [0.29, 0.717) is 19.5 Å². The first-order valence-corrected chi connectivity index (χ1v) is 5.11. The van der Waals surface area contributed by atoms with Crippen LogP contribution in [0, 0.1) is 6.92 Å². The van der Waals surface area contributed by atoms with Gasteiger partial charge >= 0.3 is 0 Å². The molecule has 0 spiro atoms. The summed E-state index contributed by atoms with van der Waals surface area (Å²) in [4.78, 5) is 11.3. The Morgan fingerprint density at radius 2 is 2.40 bits per heavy atom. The third-order valence-corrected chi connectivity index (χ3v) is 2.00. The lowest BCUT2D eigenvalue weighted by molar-refractivity contribution is -0.121. The molecule has 15 heavy (non-hydrogen) atoms. The van der Waals surface area contributed by atoms with Crippen molar-refractivity contribution >= 4 is 5.91 Å². The Morgan fingerprint density at radius 1 is 1.60 bits per heavy atom. The smallest absolute Gasteiger partial charge is 0.220 e. The zero-order valence-electron chi connectivity index (χ0n) is 8.95. The molecule has 5 nitrogen and oxygen atoms in total. The van der Waals surface area contributed by atoms with Gasteiger partial charge in [-0.25, -0.2) is 0 Å². The Labute approximate surface area is 89.0 Å². The lowest BCUT2D eigenvalue weighted by atomic mass is 10.2. The van der Waals surface area contributed by atoms with Crippen LogP contribution in [0.1, 0.15) is 30.7 Å². The average Bonchev–Trinajstić information content (AvgIpc) is 2.62. The minimum atomic E-state index is 0.0316. The number of nitrogens with one attached hydrogen (secondary N) is 1. The lowest BCUT2D eigenvalue weighted by Gasteiger charge is -2.01. The number of hydrogen-bond donors (Lipinski definition) is 2. The maximum Gasteiger partial charge on any atom is 0.220 e. The fourth-order valence-electron chi connectivity index (χ4n) is 1.21. The SMILES string of the molecule is Cc1cc(CNC(=O)CCCCN)no1. The van der Waals surface area contributed by atoms with E-state index in [0.717, 1.165) is 24.3 Å². The molecule has 0 aliphatic carbocycles. The second-order valence-electron chi connectivity index (χ2n) is 3.45. The molecule has 0 fully saturated rings. The second-order valence-corrected chi connectivity index (χ2v) is 3.45. The number of aromatic nitrogens is 1.